The van der Waals surface area contributed by atoms with Gasteiger partial charge in [-0.05, 0) is 24.3 Å². The number of hydrogen-bond donors (Lipinski definition) is 2. The summed E-state index contributed by atoms with van der Waals surface area (Å²) in [6.45, 7) is 0. The zero-order chi connectivity index (χ0) is 11.3. The first-order valence-corrected chi connectivity index (χ1v) is 5.51. The van der Waals surface area contributed by atoms with Gasteiger partial charge >= 0.3 is 0 Å². The average Bonchev–Trinajstić information content (AvgIpc) is 2.18. The molecule has 1 aromatic carbocycles. The maximum absolute atomic E-state index is 11.2. The van der Waals surface area contributed by atoms with Gasteiger partial charge in [-0.2, -0.15) is 0 Å². The van der Waals surface area contributed by atoms with E-state index in [2.05, 4.69) is 21.2 Å². The van der Waals surface area contributed by atoms with E-state index in [1.165, 1.54) is 0 Å². The lowest BCUT2D eigenvalue weighted by atomic mass is 10.2. The lowest BCUT2D eigenvalue weighted by Crippen LogP contribution is -2.13. The van der Waals surface area contributed by atoms with E-state index in [0.717, 1.165) is 0 Å². The Kier molecular flexibility index (Phi) is 4.30. The van der Waals surface area contributed by atoms with E-state index in [-0.39, 0.29) is 5.91 Å². The standard InChI is InChI=1S/C10H11BrN2O2/c11-6-5-9(14)13-8-3-1-7(2-4-8)10(12)15/h1-4H,5-6H2,(H2,12,15)(H,13,14). The molecular weight excluding hydrogens is 260 g/mol. The van der Waals surface area contributed by atoms with Gasteiger partial charge in [-0.25, -0.2) is 0 Å². The quantitative estimate of drug-likeness (QED) is 0.815. The Labute approximate surface area is 96.0 Å². The fourth-order valence-electron chi connectivity index (χ4n) is 1.03. The molecule has 0 aliphatic carbocycles. The summed E-state index contributed by atoms with van der Waals surface area (Å²) in [5.74, 6) is -0.549. The molecule has 0 atom stereocenters. The zero-order valence-corrected chi connectivity index (χ0v) is 9.58. The number of anilines is 1. The Morgan fingerprint density at radius 3 is 2.33 bits per heavy atom. The van der Waals surface area contributed by atoms with Crippen molar-refractivity contribution in [2.75, 3.05) is 10.6 Å². The van der Waals surface area contributed by atoms with Gasteiger partial charge < -0.3 is 11.1 Å². The summed E-state index contributed by atoms with van der Waals surface area (Å²) in [6, 6.07) is 6.44. The molecular formula is C10H11BrN2O2. The molecule has 0 spiro atoms. The van der Waals surface area contributed by atoms with E-state index in [4.69, 9.17) is 5.73 Å². The summed E-state index contributed by atoms with van der Waals surface area (Å²) in [6.07, 6.45) is 0.414. The Bertz CT molecular complexity index is 362. The maximum atomic E-state index is 11.2. The summed E-state index contributed by atoms with van der Waals surface area (Å²) in [7, 11) is 0. The third-order valence-electron chi connectivity index (χ3n) is 1.77. The van der Waals surface area contributed by atoms with E-state index in [9.17, 15) is 9.59 Å². The van der Waals surface area contributed by atoms with Gasteiger partial charge in [0.05, 0.1) is 0 Å². The minimum atomic E-state index is -0.478. The number of rotatable bonds is 4. The smallest absolute Gasteiger partial charge is 0.248 e. The predicted octanol–water partition coefficient (Wildman–Crippen LogP) is 1.51. The number of primary amides is 1. The number of carbonyl (C=O) groups excluding carboxylic acids is 2. The molecule has 0 radical (unpaired) electrons. The van der Waals surface area contributed by atoms with Crippen LogP contribution in [0, 0.1) is 0 Å². The van der Waals surface area contributed by atoms with Crippen LogP contribution in [-0.4, -0.2) is 17.1 Å². The largest absolute Gasteiger partial charge is 0.366 e. The highest BCUT2D eigenvalue weighted by Gasteiger charge is 2.02. The average molecular weight is 271 g/mol. The van der Waals surface area contributed by atoms with E-state index < -0.39 is 5.91 Å². The molecule has 80 valence electrons. The number of nitrogens with two attached hydrogens (primary N) is 1. The molecule has 0 aromatic heterocycles. The summed E-state index contributed by atoms with van der Waals surface area (Å²) in [5, 5.41) is 3.31. The van der Waals surface area contributed by atoms with Crippen molar-refractivity contribution < 1.29 is 9.59 Å². The molecule has 0 bridgehead atoms. The SMILES string of the molecule is NC(=O)c1ccc(NC(=O)CCBr)cc1. The van der Waals surface area contributed by atoms with Crippen LogP contribution in [0.5, 0.6) is 0 Å². The first-order chi connectivity index (χ1) is 7.13. The van der Waals surface area contributed by atoms with Gasteiger partial charge in [-0.15, -0.1) is 0 Å². The van der Waals surface area contributed by atoms with Gasteiger partial charge in [0.15, 0.2) is 0 Å². The van der Waals surface area contributed by atoms with Crippen LogP contribution in [0.25, 0.3) is 0 Å². The molecule has 0 fully saturated rings. The van der Waals surface area contributed by atoms with Crippen LogP contribution >= 0.6 is 15.9 Å². The predicted molar refractivity (Wildman–Crippen MR) is 62.0 cm³/mol. The Morgan fingerprint density at radius 1 is 1.27 bits per heavy atom. The molecule has 0 unspecified atom stereocenters. The molecule has 1 rings (SSSR count). The molecule has 0 aliphatic rings. The van der Waals surface area contributed by atoms with E-state index >= 15 is 0 Å². The van der Waals surface area contributed by atoms with Crippen molar-refractivity contribution in [3.05, 3.63) is 29.8 Å². The lowest BCUT2D eigenvalue weighted by Gasteiger charge is -2.03. The number of nitrogens with one attached hydrogen (secondary N) is 1. The number of halogens is 1. The molecule has 0 heterocycles. The molecule has 15 heavy (non-hydrogen) atoms. The van der Waals surface area contributed by atoms with Crippen molar-refractivity contribution in [2.24, 2.45) is 5.73 Å². The normalized spacial score (nSPS) is 9.67. The highest BCUT2D eigenvalue weighted by atomic mass is 79.9. The van der Waals surface area contributed by atoms with Crippen LogP contribution in [0.3, 0.4) is 0 Å². The van der Waals surface area contributed by atoms with Crippen molar-refractivity contribution in [2.45, 2.75) is 6.42 Å². The van der Waals surface area contributed by atoms with Crippen molar-refractivity contribution in [1.29, 1.82) is 0 Å². The minimum Gasteiger partial charge on any atom is -0.366 e. The highest BCUT2D eigenvalue weighted by Crippen LogP contribution is 2.09. The van der Waals surface area contributed by atoms with Gasteiger partial charge in [-0.3, -0.25) is 9.59 Å². The molecule has 2 amide bonds. The van der Waals surface area contributed by atoms with E-state index in [0.29, 0.717) is 23.0 Å². The Balaban J connectivity index is 2.64. The second kappa shape index (κ2) is 5.50. The molecule has 5 heteroatoms. The summed E-state index contributed by atoms with van der Waals surface area (Å²) >= 11 is 3.17. The third kappa shape index (κ3) is 3.71. The molecule has 0 saturated carbocycles. The van der Waals surface area contributed by atoms with Crippen LogP contribution in [0.4, 0.5) is 5.69 Å². The number of alkyl halides is 1. The third-order valence-corrected chi connectivity index (χ3v) is 2.17. The van der Waals surface area contributed by atoms with Crippen LogP contribution in [0.1, 0.15) is 16.8 Å². The molecule has 0 aliphatic heterocycles. The van der Waals surface area contributed by atoms with Crippen LogP contribution in [-0.2, 0) is 4.79 Å². The Morgan fingerprint density at radius 2 is 1.87 bits per heavy atom. The second-order valence-corrected chi connectivity index (χ2v) is 3.72. The van der Waals surface area contributed by atoms with Crippen LogP contribution in [0.15, 0.2) is 24.3 Å². The number of carbonyl (C=O) groups is 2. The molecule has 4 nitrogen and oxygen atoms in total. The first-order valence-electron chi connectivity index (χ1n) is 4.39. The van der Waals surface area contributed by atoms with Crippen LogP contribution < -0.4 is 11.1 Å². The first kappa shape index (κ1) is 11.7. The van der Waals surface area contributed by atoms with Gasteiger partial charge in [0.25, 0.3) is 0 Å². The lowest BCUT2D eigenvalue weighted by molar-refractivity contribution is -0.115. The molecule has 0 saturated heterocycles. The van der Waals surface area contributed by atoms with Crippen molar-refractivity contribution in [3.63, 3.8) is 0 Å². The molecule has 1 aromatic rings. The summed E-state index contributed by atoms with van der Waals surface area (Å²) in [4.78, 5) is 22.0. The maximum Gasteiger partial charge on any atom is 0.248 e. The van der Waals surface area contributed by atoms with Crippen molar-refractivity contribution in [1.82, 2.24) is 0 Å². The summed E-state index contributed by atoms with van der Waals surface area (Å²) in [5.41, 5.74) is 6.16. The van der Waals surface area contributed by atoms with Gasteiger partial charge in [0, 0.05) is 23.0 Å². The van der Waals surface area contributed by atoms with E-state index in [1.54, 1.807) is 24.3 Å². The number of benzene rings is 1. The fourth-order valence-corrected chi connectivity index (χ4v) is 1.39. The minimum absolute atomic E-state index is 0.0706. The second-order valence-electron chi connectivity index (χ2n) is 2.93. The topological polar surface area (TPSA) is 72.2 Å². The van der Waals surface area contributed by atoms with Gasteiger partial charge in [-0.1, -0.05) is 15.9 Å². The fraction of sp³-hybridized carbons (Fsp3) is 0.200. The number of hydrogen-bond acceptors (Lipinski definition) is 2. The van der Waals surface area contributed by atoms with Crippen LogP contribution in [0.2, 0.25) is 0 Å². The molecule has 3 N–H and O–H groups in total. The van der Waals surface area contributed by atoms with Crippen molar-refractivity contribution >= 4 is 33.4 Å². The monoisotopic (exact) mass is 270 g/mol. The Hall–Kier alpha value is -1.36. The van der Waals surface area contributed by atoms with Gasteiger partial charge in [0.1, 0.15) is 0 Å². The number of amides is 2. The van der Waals surface area contributed by atoms with E-state index in [1.807, 2.05) is 0 Å². The van der Waals surface area contributed by atoms with Crippen molar-refractivity contribution in [3.8, 4) is 0 Å². The summed E-state index contributed by atoms with van der Waals surface area (Å²) < 4.78 is 0. The highest BCUT2D eigenvalue weighted by molar-refractivity contribution is 9.09. The zero-order valence-electron chi connectivity index (χ0n) is 8.00. The van der Waals surface area contributed by atoms with Gasteiger partial charge in [0.2, 0.25) is 11.8 Å².